The van der Waals surface area contributed by atoms with Crippen LogP contribution < -0.4 is 4.90 Å². The van der Waals surface area contributed by atoms with Gasteiger partial charge in [0.05, 0.1) is 5.75 Å². The number of Topliss-reactive ketones (excluding diaryl/α,β-unsaturated/α-hetero) is 1. The van der Waals surface area contributed by atoms with E-state index in [0.29, 0.717) is 38.5 Å². The second-order valence-corrected chi connectivity index (χ2v) is 10.6. The van der Waals surface area contributed by atoms with Crippen molar-refractivity contribution >= 4 is 21.5 Å². The summed E-state index contributed by atoms with van der Waals surface area (Å²) in [6.07, 6.45) is 2.27. The number of anilines is 1. The predicted octanol–water partition coefficient (Wildman–Crippen LogP) is 2.53. The van der Waals surface area contributed by atoms with Crippen molar-refractivity contribution in [2.75, 3.05) is 36.8 Å². The summed E-state index contributed by atoms with van der Waals surface area (Å²) < 4.78 is 27.9. The molecular weight excluding hydrogens is 348 g/mol. The third-order valence-corrected chi connectivity index (χ3v) is 9.33. The van der Waals surface area contributed by atoms with Gasteiger partial charge in [-0.3, -0.25) is 4.79 Å². The highest BCUT2D eigenvalue weighted by Crippen LogP contribution is 2.64. The second-order valence-electron chi connectivity index (χ2n) is 8.64. The van der Waals surface area contributed by atoms with Crippen LogP contribution in [-0.2, 0) is 14.8 Å². The molecule has 0 unspecified atom stereocenters. The smallest absolute Gasteiger partial charge is 0.215 e. The van der Waals surface area contributed by atoms with Crippen molar-refractivity contribution < 1.29 is 13.2 Å². The third kappa shape index (κ3) is 2.61. The minimum Gasteiger partial charge on any atom is -0.369 e. The van der Waals surface area contributed by atoms with Crippen molar-refractivity contribution in [3.05, 3.63) is 30.3 Å². The highest BCUT2D eigenvalue weighted by Gasteiger charge is 2.65. The standard InChI is InChI=1S/C20H28N2O3S/c1-19(2)16-8-9-20(19,18(23)14-16)15-26(24,25)22-12-10-21(11-13-22)17-6-4-3-5-7-17/h3-7,16H,8-15H2,1-2H3/t16-,20-/m1/s1. The van der Waals surface area contributed by atoms with E-state index < -0.39 is 15.4 Å². The molecule has 0 radical (unpaired) electrons. The summed E-state index contributed by atoms with van der Waals surface area (Å²) in [6.45, 7) is 6.56. The molecule has 1 saturated heterocycles. The van der Waals surface area contributed by atoms with Crippen LogP contribution in [0.1, 0.15) is 33.1 Å². The number of fused-ring (bicyclic) bond motifs is 2. The Kier molecular flexibility index (Phi) is 4.19. The largest absolute Gasteiger partial charge is 0.369 e. The molecule has 0 spiro atoms. The third-order valence-electron chi connectivity index (χ3n) is 7.32. The molecule has 2 saturated carbocycles. The highest BCUT2D eigenvalue weighted by molar-refractivity contribution is 7.89. The van der Waals surface area contributed by atoms with E-state index in [9.17, 15) is 13.2 Å². The van der Waals surface area contributed by atoms with Gasteiger partial charge in [-0.25, -0.2) is 8.42 Å². The van der Waals surface area contributed by atoms with Crippen LogP contribution in [0, 0.1) is 16.7 Å². The van der Waals surface area contributed by atoms with Gasteiger partial charge in [0.25, 0.3) is 0 Å². The molecule has 1 heterocycles. The number of nitrogens with zero attached hydrogens (tertiary/aromatic N) is 2. The first kappa shape index (κ1) is 18.0. The van der Waals surface area contributed by atoms with Crippen LogP contribution in [0.25, 0.3) is 0 Å². The van der Waals surface area contributed by atoms with Crippen LogP contribution >= 0.6 is 0 Å². The zero-order valence-electron chi connectivity index (χ0n) is 15.6. The van der Waals surface area contributed by atoms with E-state index in [0.717, 1.165) is 18.5 Å². The quantitative estimate of drug-likeness (QED) is 0.810. The molecule has 2 aliphatic carbocycles. The molecule has 0 N–H and O–H groups in total. The Labute approximate surface area is 156 Å². The zero-order valence-corrected chi connectivity index (χ0v) is 16.5. The van der Waals surface area contributed by atoms with E-state index >= 15 is 0 Å². The summed E-state index contributed by atoms with van der Waals surface area (Å²) in [5.74, 6) is 0.513. The van der Waals surface area contributed by atoms with Gasteiger partial charge in [0, 0.05) is 43.7 Å². The van der Waals surface area contributed by atoms with Crippen LogP contribution in [0.15, 0.2) is 30.3 Å². The topological polar surface area (TPSA) is 57.7 Å². The molecule has 1 aromatic carbocycles. The Morgan fingerprint density at radius 1 is 1.08 bits per heavy atom. The Bertz CT molecular complexity index is 798. The number of para-hydroxylation sites is 1. The van der Waals surface area contributed by atoms with Crippen molar-refractivity contribution in [3.63, 3.8) is 0 Å². The van der Waals surface area contributed by atoms with E-state index in [1.807, 2.05) is 18.2 Å². The summed E-state index contributed by atoms with van der Waals surface area (Å²) >= 11 is 0. The monoisotopic (exact) mass is 376 g/mol. The minimum atomic E-state index is -3.43. The van der Waals surface area contributed by atoms with Gasteiger partial charge < -0.3 is 4.90 Å². The van der Waals surface area contributed by atoms with Crippen LogP contribution in [-0.4, -0.2) is 50.4 Å². The molecule has 142 valence electrons. The Morgan fingerprint density at radius 2 is 1.73 bits per heavy atom. The van der Waals surface area contributed by atoms with Crippen LogP contribution in [0.3, 0.4) is 0 Å². The maximum atomic E-state index is 13.2. The summed E-state index contributed by atoms with van der Waals surface area (Å²) in [5.41, 5.74) is 0.254. The lowest BCUT2D eigenvalue weighted by atomic mass is 9.70. The number of hydrogen-bond donors (Lipinski definition) is 0. The number of carbonyl (C=O) groups is 1. The Morgan fingerprint density at radius 3 is 2.27 bits per heavy atom. The number of rotatable bonds is 4. The van der Waals surface area contributed by atoms with E-state index in [1.165, 1.54) is 0 Å². The molecule has 2 bridgehead atoms. The Hall–Kier alpha value is -1.40. The van der Waals surface area contributed by atoms with E-state index in [4.69, 9.17) is 0 Å². The summed E-state index contributed by atoms with van der Waals surface area (Å²) in [7, 11) is -3.43. The molecule has 4 rings (SSSR count). The SMILES string of the molecule is CC1(C)[C@@H]2CC[C@@]1(CS(=O)(=O)N1CCN(c3ccccc3)CC1)C(=O)C2. The molecule has 3 aliphatic rings. The van der Waals surface area contributed by atoms with Crippen molar-refractivity contribution in [1.82, 2.24) is 4.31 Å². The molecule has 6 heteroatoms. The first-order valence-corrected chi connectivity index (χ1v) is 11.2. The summed E-state index contributed by atoms with van der Waals surface area (Å²) in [4.78, 5) is 14.9. The number of carbonyl (C=O) groups excluding carboxylic acids is 1. The molecule has 0 aromatic heterocycles. The molecular formula is C20H28N2O3S. The fraction of sp³-hybridized carbons (Fsp3) is 0.650. The summed E-state index contributed by atoms with van der Waals surface area (Å²) in [5, 5.41) is 0. The predicted molar refractivity (Wildman–Crippen MR) is 103 cm³/mol. The fourth-order valence-corrected chi connectivity index (χ4v) is 7.58. The van der Waals surface area contributed by atoms with Gasteiger partial charge in [-0.15, -0.1) is 0 Å². The molecule has 0 amide bonds. The maximum absolute atomic E-state index is 13.2. The van der Waals surface area contributed by atoms with Gasteiger partial charge in [0.2, 0.25) is 10.0 Å². The number of hydrogen-bond acceptors (Lipinski definition) is 4. The van der Waals surface area contributed by atoms with Crippen molar-refractivity contribution in [2.24, 2.45) is 16.7 Å². The maximum Gasteiger partial charge on any atom is 0.215 e. The molecule has 1 aliphatic heterocycles. The van der Waals surface area contributed by atoms with Crippen LogP contribution in [0.4, 0.5) is 5.69 Å². The van der Waals surface area contributed by atoms with E-state index in [1.54, 1.807) is 4.31 Å². The lowest BCUT2D eigenvalue weighted by Crippen LogP contribution is -2.52. The van der Waals surface area contributed by atoms with E-state index in [2.05, 4.69) is 30.9 Å². The molecule has 3 fully saturated rings. The second kappa shape index (κ2) is 6.06. The van der Waals surface area contributed by atoms with Crippen molar-refractivity contribution in [1.29, 1.82) is 0 Å². The average molecular weight is 377 g/mol. The molecule has 26 heavy (non-hydrogen) atoms. The average Bonchev–Trinajstić information content (AvgIpc) is 2.96. The van der Waals surface area contributed by atoms with Crippen molar-refractivity contribution in [2.45, 2.75) is 33.1 Å². The van der Waals surface area contributed by atoms with Crippen molar-refractivity contribution in [3.8, 4) is 0 Å². The van der Waals surface area contributed by atoms with Gasteiger partial charge in [0.15, 0.2) is 0 Å². The van der Waals surface area contributed by atoms with Gasteiger partial charge in [-0.2, -0.15) is 4.31 Å². The molecule has 1 aromatic rings. The number of sulfonamides is 1. The van der Waals surface area contributed by atoms with Crippen LogP contribution in [0.5, 0.6) is 0 Å². The fourth-order valence-electron chi connectivity index (χ4n) is 5.37. The molecule has 2 atom stereocenters. The van der Waals surface area contributed by atoms with Gasteiger partial charge in [-0.05, 0) is 36.3 Å². The summed E-state index contributed by atoms with van der Waals surface area (Å²) in [6, 6.07) is 10.1. The highest BCUT2D eigenvalue weighted by atomic mass is 32.2. The van der Waals surface area contributed by atoms with Crippen LogP contribution in [0.2, 0.25) is 0 Å². The number of benzene rings is 1. The number of ketones is 1. The van der Waals surface area contributed by atoms with Gasteiger partial charge in [0.1, 0.15) is 5.78 Å². The minimum absolute atomic E-state index is 0.00628. The zero-order chi connectivity index (χ0) is 18.6. The first-order valence-electron chi connectivity index (χ1n) is 9.57. The van der Waals surface area contributed by atoms with Gasteiger partial charge >= 0.3 is 0 Å². The normalized spacial score (nSPS) is 31.5. The lowest BCUT2D eigenvalue weighted by molar-refractivity contribution is -0.128. The number of piperazine rings is 1. The lowest BCUT2D eigenvalue weighted by Gasteiger charge is -2.40. The Balaban J connectivity index is 1.48. The molecule has 5 nitrogen and oxygen atoms in total. The van der Waals surface area contributed by atoms with Gasteiger partial charge in [-0.1, -0.05) is 32.0 Å². The first-order chi connectivity index (χ1) is 12.3. The van der Waals surface area contributed by atoms with E-state index in [-0.39, 0.29) is 17.0 Å².